The van der Waals surface area contributed by atoms with Crippen LogP contribution in [-0.2, 0) is 0 Å². The topological polar surface area (TPSA) is 112 Å². The molecule has 41 heavy (non-hydrogen) atoms. The molecule has 0 aliphatic rings. The lowest BCUT2D eigenvalue weighted by Gasteiger charge is -2.18. The zero-order valence-corrected chi connectivity index (χ0v) is 22.9. The van der Waals surface area contributed by atoms with Crippen molar-refractivity contribution in [3.05, 3.63) is 108 Å². The average Bonchev–Trinajstić information content (AvgIpc) is 2.95. The van der Waals surface area contributed by atoms with Crippen LogP contribution in [0, 0.1) is 0 Å². The second kappa shape index (κ2) is 13.9. The molecule has 0 bridgehead atoms. The molecule has 0 radical (unpaired) electrons. The molecular weight excluding hydrogens is 524 g/mol. The number of carbonyl (C=O) groups excluding carboxylic acids is 2. The maximum absolute atomic E-state index is 12.2. The Labute approximate surface area is 238 Å². The highest BCUT2D eigenvalue weighted by Crippen LogP contribution is 2.25. The van der Waals surface area contributed by atoms with E-state index < -0.39 is 11.9 Å². The monoisotopic (exact) mass is 556 g/mol. The summed E-state index contributed by atoms with van der Waals surface area (Å²) in [6.07, 6.45) is 2.46. The predicted octanol–water partition coefficient (Wildman–Crippen LogP) is 6.94. The highest BCUT2D eigenvalue weighted by atomic mass is 16.5. The molecule has 4 aromatic carbocycles. The zero-order valence-electron chi connectivity index (χ0n) is 22.9. The van der Waals surface area contributed by atoms with Crippen LogP contribution in [0.1, 0.15) is 53.8 Å². The van der Waals surface area contributed by atoms with Crippen LogP contribution in [0.5, 0.6) is 34.5 Å². The summed E-state index contributed by atoms with van der Waals surface area (Å²) < 4.78 is 22.6. The summed E-state index contributed by atoms with van der Waals surface area (Å²) >= 11 is 0. The van der Waals surface area contributed by atoms with Gasteiger partial charge in [-0.3, -0.25) is 0 Å². The maximum Gasteiger partial charge on any atom is 0.347 e. The lowest BCUT2D eigenvalue weighted by molar-refractivity contribution is 0.0721. The van der Waals surface area contributed by atoms with Gasteiger partial charge in [-0.05, 0) is 106 Å². The summed E-state index contributed by atoms with van der Waals surface area (Å²) in [4.78, 5) is 24.5. The van der Waals surface area contributed by atoms with Crippen molar-refractivity contribution in [1.82, 2.24) is 0 Å². The van der Waals surface area contributed by atoms with Crippen LogP contribution in [0.15, 0.2) is 97.1 Å². The minimum atomic E-state index is -0.634. The van der Waals surface area contributed by atoms with Gasteiger partial charge in [-0.2, -0.15) is 0 Å². The van der Waals surface area contributed by atoms with Crippen molar-refractivity contribution in [3.63, 3.8) is 0 Å². The first-order valence-corrected chi connectivity index (χ1v) is 13.3. The van der Waals surface area contributed by atoms with Crippen molar-refractivity contribution < 1.29 is 38.7 Å². The fourth-order valence-corrected chi connectivity index (χ4v) is 4.06. The van der Waals surface area contributed by atoms with Crippen LogP contribution >= 0.6 is 0 Å². The predicted molar refractivity (Wildman–Crippen MR) is 153 cm³/mol. The minimum absolute atomic E-state index is 0.0325. The number of rotatable bonds is 12. The third-order valence-electron chi connectivity index (χ3n) is 6.21. The second-order valence-electron chi connectivity index (χ2n) is 9.54. The number of ether oxygens (including phenoxy) is 4. The smallest absolute Gasteiger partial charge is 0.347 e. The Kier molecular flexibility index (Phi) is 9.83. The van der Waals surface area contributed by atoms with Gasteiger partial charge < -0.3 is 29.2 Å². The van der Waals surface area contributed by atoms with Crippen molar-refractivity contribution in [3.8, 4) is 34.5 Å². The highest BCUT2D eigenvalue weighted by Gasteiger charge is 2.15. The molecule has 8 heteroatoms. The molecule has 0 saturated heterocycles. The van der Waals surface area contributed by atoms with Crippen molar-refractivity contribution in [1.29, 1.82) is 0 Å². The number of phenols is 2. The van der Waals surface area contributed by atoms with Gasteiger partial charge in [0.25, 0.3) is 0 Å². The van der Waals surface area contributed by atoms with Gasteiger partial charge in [0.1, 0.15) is 45.6 Å². The summed E-state index contributed by atoms with van der Waals surface area (Å²) in [6.45, 7) is 3.99. The average molecular weight is 557 g/mol. The van der Waals surface area contributed by atoms with E-state index in [0.29, 0.717) is 23.0 Å². The van der Waals surface area contributed by atoms with Crippen LogP contribution in [0.4, 0.5) is 0 Å². The number of benzene rings is 4. The molecule has 212 valence electrons. The number of para-hydroxylation sites is 2. The molecule has 0 aliphatic heterocycles. The van der Waals surface area contributed by atoms with Crippen LogP contribution in [0.3, 0.4) is 0 Å². The van der Waals surface area contributed by atoms with E-state index in [0.717, 1.165) is 19.3 Å². The number of esters is 2. The third-order valence-corrected chi connectivity index (χ3v) is 6.21. The Morgan fingerprint density at radius 1 is 0.561 bits per heavy atom. The van der Waals surface area contributed by atoms with E-state index in [1.54, 1.807) is 72.8 Å². The molecule has 2 atom stereocenters. The SMILES string of the molecule is CC(CCCC(C)Oc1ccc(OC(=O)c2ccccc2O)cc1)Oc1ccc(OC(=O)c2ccccc2O)cc1. The molecule has 2 N–H and O–H groups in total. The molecule has 4 rings (SSSR count). The quantitative estimate of drug-likeness (QED) is 0.143. The highest BCUT2D eigenvalue weighted by molar-refractivity contribution is 5.94. The Hall–Kier alpha value is -4.98. The van der Waals surface area contributed by atoms with E-state index in [1.165, 1.54) is 24.3 Å². The summed E-state index contributed by atoms with van der Waals surface area (Å²) in [5.41, 5.74) is 0.200. The molecule has 8 nitrogen and oxygen atoms in total. The Morgan fingerprint density at radius 2 is 0.902 bits per heavy atom. The third kappa shape index (κ3) is 8.50. The number of aromatic hydroxyl groups is 2. The molecule has 0 fully saturated rings. The van der Waals surface area contributed by atoms with Crippen LogP contribution in [-0.4, -0.2) is 34.4 Å². The molecule has 0 aromatic heterocycles. The summed E-state index contributed by atoms with van der Waals surface area (Å²) in [6, 6.07) is 26.0. The summed E-state index contributed by atoms with van der Waals surface area (Å²) in [5, 5.41) is 19.6. The Morgan fingerprint density at radius 3 is 1.27 bits per heavy atom. The number of carbonyl (C=O) groups is 2. The van der Waals surface area contributed by atoms with E-state index in [1.807, 2.05) is 13.8 Å². The van der Waals surface area contributed by atoms with Crippen molar-refractivity contribution in [2.24, 2.45) is 0 Å². The molecule has 2 unspecified atom stereocenters. The van der Waals surface area contributed by atoms with E-state index in [9.17, 15) is 19.8 Å². The minimum Gasteiger partial charge on any atom is -0.507 e. The van der Waals surface area contributed by atoms with E-state index in [-0.39, 0.29) is 34.8 Å². The van der Waals surface area contributed by atoms with Gasteiger partial charge in [-0.15, -0.1) is 0 Å². The Bertz CT molecular complexity index is 1340. The number of phenolic OH excluding ortho intramolecular Hbond substituents is 2. The summed E-state index contributed by atoms with van der Waals surface area (Å²) in [5.74, 6) is 0.494. The van der Waals surface area contributed by atoms with Crippen LogP contribution < -0.4 is 18.9 Å². The first kappa shape index (κ1) is 29.0. The maximum atomic E-state index is 12.2. The molecule has 0 saturated carbocycles. The van der Waals surface area contributed by atoms with Gasteiger partial charge in [-0.25, -0.2) is 9.59 Å². The lowest BCUT2D eigenvalue weighted by Crippen LogP contribution is -2.15. The van der Waals surface area contributed by atoms with Gasteiger partial charge in [0.15, 0.2) is 0 Å². The molecule has 4 aromatic rings. The molecule has 0 spiro atoms. The van der Waals surface area contributed by atoms with E-state index in [2.05, 4.69) is 0 Å². The van der Waals surface area contributed by atoms with Gasteiger partial charge in [0.05, 0.1) is 12.2 Å². The fraction of sp³-hybridized carbons (Fsp3) is 0.212. The van der Waals surface area contributed by atoms with Crippen molar-refractivity contribution in [2.75, 3.05) is 0 Å². The van der Waals surface area contributed by atoms with Crippen LogP contribution in [0.25, 0.3) is 0 Å². The van der Waals surface area contributed by atoms with Gasteiger partial charge >= 0.3 is 11.9 Å². The van der Waals surface area contributed by atoms with E-state index >= 15 is 0 Å². The number of hydrogen-bond donors (Lipinski definition) is 2. The zero-order chi connectivity index (χ0) is 29.2. The second-order valence-corrected chi connectivity index (χ2v) is 9.54. The lowest BCUT2D eigenvalue weighted by atomic mass is 10.1. The summed E-state index contributed by atoms with van der Waals surface area (Å²) in [7, 11) is 0. The molecular formula is C33H32O8. The first-order chi connectivity index (χ1) is 19.8. The van der Waals surface area contributed by atoms with Gasteiger partial charge in [0.2, 0.25) is 0 Å². The normalized spacial score (nSPS) is 12.1. The molecule has 0 heterocycles. The van der Waals surface area contributed by atoms with Crippen LogP contribution in [0.2, 0.25) is 0 Å². The van der Waals surface area contributed by atoms with Gasteiger partial charge in [-0.1, -0.05) is 24.3 Å². The standard InChI is InChI=1S/C33H32O8/c1-22(38-24-14-18-26(19-15-24)40-32(36)28-10-3-5-12-30(28)34)8-7-9-23(2)39-25-16-20-27(21-17-25)41-33(37)29-11-4-6-13-31(29)35/h3-6,10-23,34-35H,7-9H2,1-2H3. The van der Waals surface area contributed by atoms with Crippen molar-refractivity contribution >= 4 is 11.9 Å². The molecule has 0 aliphatic carbocycles. The largest absolute Gasteiger partial charge is 0.507 e. The van der Waals surface area contributed by atoms with Crippen molar-refractivity contribution in [2.45, 2.75) is 45.3 Å². The number of hydrogen-bond acceptors (Lipinski definition) is 8. The fourth-order valence-electron chi connectivity index (χ4n) is 4.06. The first-order valence-electron chi connectivity index (χ1n) is 13.3. The van der Waals surface area contributed by atoms with Gasteiger partial charge in [0, 0.05) is 0 Å². The molecule has 0 amide bonds. The van der Waals surface area contributed by atoms with E-state index in [4.69, 9.17) is 18.9 Å². The Balaban J connectivity index is 1.16.